The highest BCUT2D eigenvalue weighted by molar-refractivity contribution is 9.10. The molecule has 0 fully saturated rings. The second-order valence-corrected chi connectivity index (χ2v) is 6.67. The average molecular weight is 444 g/mol. The number of benzene rings is 2. The van der Waals surface area contributed by atoms with Gasteiger partial charge >= 0.3 is 0 Å². The minimum atomic E-state index is -0.387. The Kier molecular flexibility index (Phi) is 6.24. The van der Waals surface area contributed by atoms with E-state index in [1.54, 1.807) is 18.2 Å². The third-order valence-corrected chi connectivity index (χ3v) is 4.43. The minimum absolute atomic E-state index is 0.198. The summed E-state index contributed by atoms with van der Waals surface area (Å²) in [6.07, 6.45) is 0. The number of hydrogen-bond donors (Lipinski definition) is 1. The predicted molar refractivity (Wildman–Crippen MR) is 94.7 cm³/mol. The minimum Gasteiger partial charge on any atom is -0.483 e. The summed E-state index contributed by atoms with van der Waals surface area (Å²) in [5, 5.41) is 4.05. The van der Waals surface area contributed by atoms with Crippen LogP contribution in [0.3, 0.4) is 0 Å². The molecular weight excluding hydrogens is 436 g/mol. The third-order valence-electron chi connectivity index (χ3n) is 2.54. The second-order valence-electron chi connectivity index (χ2n) is 4.16. The number of nitrogens with one attached hydrogen (secondary N) is 1. The highest BCUT2D eigenvalue weighted by Crippen LogP contribution is 2.32. The van der Waals surface area contributed by atoms with E-state index in [2.05, 4.69) is 21.2 Å². The van der Waals surface area contributed by atoms with Gasteiger partial charge in [-0.2, -0.15) is 0 Å². The molecule has 2 rings (SSSR count). The van der Waals surface area contributed by atoms with Gasteiger partial charge in [0.25, 0.3) is 5.91 Å². The number of anilines is 1. The van der Waals surface area contributed by atoms with Crippen molar-refractivity contribution in [2.45, 2.75) is 0 Å². The number of halogens is 5. The van der Waals surface area contributed by atoms with Gasteiger partial charge in [0.15, 0.2) is 6.61 Å². The van der Waals surface area contributed by atoms with Crippen LogP contribution in [0.25, 0.3) is 0 Å². The molecular formula is C14H8BrCl4NO2. The van der Waals surface area contributed by atoms with Gasteiger partial charge < -0.3 is 10.1 Å². The molecule has 8 heteroatoms. The maximum absolute atomic E-state index is 11.9. The first-order valence-electron chi connectivity index (χ1n) is 5.89. The van der Waals surface area contributed by atoms with E-state index in [0.717, 1.165) is 0 Å². The zero-order valence-corrected chi connectivity index (χ0v) is 15.4. The number of hydrogen-bond acceptors (Lipinski definition) is 2. The van der Waals surface area contributed by atoms with Crippen LogP contribution >= 0.6 is 62.3 Å². The summed E-state index contributed by atoms with van der Waals surface area (Å²) >= 11 is 26.8. The topological polar surface area (TPSA) is 38.3 Å². The van der Waals surface area contributed by atoms with Gasteiger partial charge in [0, 0.05) is 5.02 Å². The number of ether oxygens (including phenoxy) is 1. The van der Waals surface area contributed by atoms with E-state index >= 15 is 0 Å². The summed E-state index contributed by atoms with van der Waals surface area (Å²) < 4.78 is 6.05. The first kappa shape index (κ1) is 17.7. The summed E-state index contributed by atoms with van der Waals surface area (Å²) in [6.45, 7) is -0.198. The monoisotopic (exact) mass is 441 g/mol. The maximum atomic E-state index is 11.9. The molecule has 0 spiro atoms. The van der Waals surface area contributed by atoms with Crippen LogP contribution in [0.15, 0.2) is 34.8 Å². The SMILES string of the molecule is O=C(COc1ccc(Cl)cc1Br)Nc1cc(Cl)c(Cl)cc1Cl. The zero-order chi connectivity index (χ0) is 16.3. The Balaban J connectivity index is 2.00. The molecule has 0 aliphatic carbocycles. The molecule has 22 heavy (non-hydrogen) atoms. The Morgan fingerprint density at radius 1 is 1.05 bits per heavy atom. The van der Waals surface area contributed by atoms with E-state index in [0.29, 0.717) is 31.0 Å². The van der Waals surface area contributed by atoms with E-state index in [1.807, 2.05) is 0 Å². The molecule has 0 saturated heterocycles. The van der Waals surface area contributed by atoms with Gasteiger partial charge in [-0.1, -0.05) is 46.4 Å². The van der Waals surface area contributed by atoms with Crippen LogP contribution in [0.5, 0.6) is 5.75 Å². The van der Waals surface area contributed by atoms with E-state index in [1.165, 1.54) is 12.1 Å². The van der Waals surface area contributed by atoms with Crippen molar-refractivity contribution in [2.75, 3.05) is 11.9 Å². The van der Waals surface area contributed by atoms with Crippen LogP contribution < -0.4 is 10.1 Å². The van der Waals surface area contributed by atoms with Crippen molar-refractivity contribution in [2.24, 2.45) is 0 Å². The van der Waals surface area contributed by atoms with Gasteiger partial charge in [-0.25, -0.2) is 0 Å². The first-order valence-corrected chi connectivity index (χ1v) is 8.19. The van der Waals surface area contributed by atoms with Crippen LogP contribution in [-0.2, 0) is 4.79 Å². The highest BCUT2D eigenvalue weighted by atomic mass is 79.9. The fraction of sp³-hybridized carbons (Fsp3) is 0.0714. The van der Waals surface area contributed by atoms with Gasteiger partial charge in [0.1, 0.15) is 5.75 Å². The van der Waals surface area contributed by atoms with Crippen molar-refractivity contribution in [1.82, 2.24) is 0 Å². The lowest BCUT2D eigenvalue weighted by Crippen LogP contribution is -2.20. The Labute approximate surface area is 155 Å². The molecule has 0 unspecified atom stereocenters. The largest absolute Gasteiger partial charge is 0.483 e. The van der Waals surface area contributed by atoms with Crippen molar-refractivity contribution in [3.63, 3.8) is 0 Å². The fourth-order valence-corrected chi connectivity index (χ4v) is 2.93. The Morgan fingerprint density at radius 3 is 2.41 bits per heavy atom. The maximum Gasteiger partial charge on any atom is 0.262 e. The van der Waals surface area contributed by atoms with E-state index in [4.69, 9.17) is 51.1 Å². The molecule has 1 amide bonds. The van der Waals surface area contributed by atoms with E-state index < -0.39 is 0 Å². The summed E-state index contributed by atoms with van der Waals surface area (Å²) in [7, 11) is 0. The van der Waals surface area contributed by atoms with Crippen LogP contribution in [0.2, 0.25) is 20.1 Å². The summed E-state index contributed by atoms with van der Waals surface area (Å²) in [5.41, 5.74) is 0.361. The lowest BCUT2D eigenvalue weighted by Gasteiger charge is -2.11. The van der Waals surface area contributed by atoms with Crippen molar-refractivity contribution < 1.29 is 9.53 Å². The smallest absolute Gasteiger partial charge is 0.262 e. The molecule has 0 aliphatic heterocycles. The van der Waals surface area contributed by atoms with Gasteiger partial charge in [-0.3, -0.25) is 4.79 Å². The van der Waals surface area contributed by atoms with Gasteiger partial charge in [0.2, 0.25) is 0 Å². The number of amides is 1. The molecule has 0 saturated carbocycles. The molecule has 0 heterocycles. The Bertz CT molecular complexity index is 724. The lowest BCUT2D eigenvalue weighted by molar-refractivity contribution is -0.118. The van der Waals surface area contributed by atoms with Crippen LogP contribution in [-0.4, -0.2) is 12.5 Å². The van der Waals surface area contributed by atoms with E-state index in [-0.39, 0.29) is 17.5 Å². The lowest BCUT2D eigenvalue weighted by atomic mass is 10.3. The van der Waals surface area contributed by atoms with Gasteiger partial charge in [-0.05, 0) is 46.3 Å². The molecule has 0 radical (unpaired) electrons. The second kappa shape index (κ2) is 7.75. The van der Waals surface area contributed by atoms with E-state index in [9.17, 15) is 4.79 Å². The van der Waals surface area contributed by atoms with Crippen LogP contribution in [0, 0.1) is 0 Å². The summed E-state index contributed by atoms with van der Waals surface area (Å²) in [4.78, 5) is 11.9. The van der Waals surface area contributed by atoms with Crippen molar-refractivity contribution in [3.8, 4) is 5.75 Å². The quantitative estimate of drug-likeness (QED) is 0.581. The van der Waals surface area contributed by atoms with Gasteiger partial charge in [0.05, 0.1) is 25.2 Å². The average Bonchev–Trinajstić information content (AvgIpc) is 2.44. The fourth-order valence-electron chi connectivity index (χ4n) is 1.54. The Hall–Kier alpha value is -0.650. The summed E-state index contributed by atoms with van der Waals surface area (Å²) in [5.74, 6) is 0.113. The summed E-state index contributed by atoms with van der Waals surface area (Å²) in [6, 6.07) is 7.92. The molecule has 3 nitrogen and oxygen atoms in total. The molecule has 0 atom stereocenters. The zero-order valence-electron chi connectivity index (χ0n) is 10.8. The van der Waals surface area contributed by atoms with Crippen molar-refractivity contribution in [3.05, 3.63) is 54.9 Å². The first-order chi connectivity index (χ1) is 10.4. The number of rotatable bonds is 4. The van der Waals surface area contributed by atoms with Crippen molar-refractivity contribution in [1.29, 1.82) is 0 Å². The number of carbonyl (C=O) groups is 1. The Morgan fingerprint density at radius 2 is 1.73 bits per heavy atom. The molecule has 1 N–H and O–H groups in total. The molecule has 116 valence electrons. The molecule has 2 aromatic carbocycles. The van der Waals surface area contributed by atoms with Crippen LogP contribution in [0.1, 0.15) is 0 Å². The molecule has 0 bridgehead atoms. The van der Waals surface area contributed by atoms with Gasteiger partial charge in [-0.15, -0.1) is 0 Å². The molecule has 0 aromatic heterocycles. The molecule has 0 aliphatic rings. The van der Waals surface area contributed by atoms with Crippen LogP contribution in [0.4, 0.5) is 5.69 Å². The predicted octanol–water partition coefficient (Wildman–Crippen LogP) is 6.08. The number of carbonyl (C=O) groups excluding carboxylic acids is 1. The normalized spacial score (nSPS) is 10.4. The van der Waals surface area contributed by atoms with Crippen molar-refractivity contribution >= 4 is 73.9 Å². The third kappa shape index (κ3) is 4.67. The highest BCUT2D eigenvalue weighted by Gasteiger charge is 2.11. The standard InChI is InChI=1S/C14H8BrCl4NO2/c15-8-3-7(16)1-2-13(8)22-6-14(21)20-12-5-10(18)9(17)4-11(12)19/h1-5H,6H2,(H,20,21). The molecule has 2 aromatic rings.